The molecule has 0 radical (unpaired) electrons. The van der Waals surface area contributed by atoms with E-state index in [4.69, 9.17) is 10.5 Å². The molecule has 4 N–H and O–H groups in total. The lowest BCUT2D eigenvalue weighted by Crippen LogP contribution is -2.33. The standard InChI is InChI=1S/C23H25N3O4/c1-3-4-5-21(22(24)28)30-17-9-6-15(7-10-17)18-13-19(26-23(29)25-18)16-8-11-20(27)14(2)12-16/h6-13,21,27H,3-5H2,1-2H3,(H2,24,28)(H,25,26,29). The molecule has 0 aliphatic heterocycles. The lowest BCUT2D eigenvalue weighted by atomic mass is 10.1. The van der Waals surface area contributed by atoms with Crippen LogP contribution >= 0.6 is 0 Å². The number of nitrogens with zero attached hydrogens (tertiary/aromatic N) is 1. The molecule has 0 bridgehead atoms. The number of unbranched alkanes of at least 4 members (excludes halogenated alkanes) is 1. The van der Waals surface area contributed by atoms with E-state index in [2.05, 4.69) is 9.97 Å². The van der Waals surface area contributed by atoms with Crippen LogP contribution in [-0.4, -0.2) is 27.1 Å². The Morgan fingerprint density at radius 1 is 1.17 bits per heavy atom. The molecule has 0 saturated carbocycles. The monoisotopic (exact) mass is 407 g/mol. The van der Waals surface area contributed by atoms with Crippen LogP contribution < -0.4 is 16.2 Å². The predicted octanol–water partition coefficient (Wildman–Crippen LogP) is 3.54. The Bertz CT molecular complexity index is 1090. The third-order valence-electron chi connectivity index (χ3n) is 4.82. The van der Waals surface area contributed by atoms with E-state index in [1.165, 1.54) is 0 Å². The molecule has 3 rings (SSSR count). The summed E-state index contributed by atoms with van der Waals surface area (Å²) in [7, 11) is 0. The second kappa shape index (κ2) is 9.26. The number of hydrogen-bond donors (Lipinski definition) is 3. The Balaban J connectivity index is 1.85. The van der Waals surface area contributed by atoms with Gasteiger partial charge in [-0.25, -0.2) is 4.79 Å². The highest BCUT2D eigenvalue weighted by atomic mass is 16.5. The van der Waals surface area contributed by atoms with E-state index in [-0.39, 0.29) is 5.75 Å². The highest BCUT2D eigenvalue weighted by Gasteiger charge is 2.16. The van der Waals surface area contributed by atoms with Crippen molar-refractivity contribution in [1.29, 1.82) is 0 Å². The fourth-order valence-corrected chi connectivity index (χ4v) is 3.10. The summed E-state index contributed by atoms with van der Waals surface area (Å²) in [5.74, 6) is 0.233. The number of phenols is 1. The lowest BCUT2D eigenvalue weighted by molar-refractivity contribution is -0.125. The van der Waals surface area contributed by atoms with Crippen molar-refractivity contribution in [2.45, 2.75) is 39.2 Å². The van der Waals surface area contributed by atoms with Gasteiger partial charge in [-0.1, -0.05) is 13.3 Å². The van der Waals surface area contributed by atoms with Crippen molar-refractivity contribution in [2.75, 3.05) is 0 Å². The molecular formula is C23H25N3O4. The number of carbonyl (C=O) groups is 1. The highest BCUT2D eigenvalue weighted by Crippen LogP contribution is 2.27. The minimum atomic E-state index is -0.666. The first-order valence-corrected chi connectivity index (χ1v) is 9.85. The van der Waals surface area contributed by atoms with Crippen molar-refractivity contribution in [1.82, 2.24) is 9.97 Å². The van der Waals surface area contributed by atoms with Gasteiger partial charge in [0.25, 0.3) is 5.91 Å². The highest BCUT2D eigenvalue weighted by molar-refractivity contribution is 5.79. The van der Waals surface area contributed by atoms with Crippen LogP contribution in [0.25, 0.3) is 22.5 Å². The molecule has 2 aromatic carbocycles. The van der Waals surface area contributed by atoms with E-state index in [1.54, 1.807) is 55.5 Å². The Hall–Kier alpha value is -3.61. The number of amides is 1. The van der Waals surface area contributed by atoms with Gasteiger partial charge in [0.1, 0.15) is 11.5 Å². The van der Waals surface area contributed by atoms with Gasteiger partial charge in [-0.05, 0) is 79.4 Å². The number of carbonyl (C=O) groups excluding carboxylic acids is 1. The number of aromatic amines is 1. The normalized spacial score (nSPS) is 11.8. The quantitative estimate of drug-likeness (QED) is 0.528. The molecule has 7 nitrogen and oxygen atoms in total. The van der Waals surface area contributed by atoms with Gasteiger partial charge in [0.2, 0.25) is 0 Å². The fourth-order valence-electron chi connectivity index (χ4n) is 3.10. The molecule has 1 amide bonds. The number of H-pyrrole nitrogens is 1. The summed E-state index contributed by atoms with van der Waals surface area (Å²) in [6.07, 6.45) is 1.70. The zero-order valence-corrected chi connectivity index (χ0v) is 17.0. The SMILES string of the molecule is CCCCC(Oc1ccc(-c2cc(-c3ccc(O)c(C)c3)nc(=O)[nH]2)cc1)C(N)=O. The largest absolute Gasteiger partial charge is 0.508 e. The third kappa shape index (κ3) is 5.05. The fraction of sp³-hybridized carbons (Fsp3) is 0.261. The summed E-state index contributed by atoms with van der Waals surface area (Å²) in [5.41, 5.74) is 8.26. The van der Waals surface area contributed by atoms with Crippen molar-refractivity contribution in [3.63, 3.8) is 0 Å². The molecule has 30 heavy (non-hydrogen) atoms. The van der Waals surface area contributed by atoms with Crippen molar-refractivity contribution >= 4 is 5.91 Å². The lowest BCUT2D eigenvalue weighted by Gasteiger charge is -2.16. The first-order valence-electron chi connectivity index (χ1n) is 9.85. The van der Waals surface area contributed by atoms with Gasteiger partial charge in [0, 0.05) is 5.56 Å². The minimum Gasteiger partial charge on any atom is -0.508 e. The average Bonchev–Trinajstić information content (AvgIpc) is 2.73. The van der Waals surface area contributed by atoms with Crippen LogP contribution in [0.3, 0.4) is 0 Å². The van der Waals surface area contributed by atoms with Crippen LogP contribution in [0.5, 0.6) is 11.5 Å². The molecule has 0 saturated heterocycles. The van der Waals surface area contributed by atoms with Crippen LogP contribution in [0.4, 0.5) is 0 Å². The molecule has 1 atom stereocenters. The number of phenolic OH excluding ortho intramolecular Hbond substituents is 1. The maximum Gasteiger partial charge on any atom is 0.345 e. The number of primary amides is 1. The number of aromatic hydroxyl groups is 1. The zero-order chi connectivity index (χ0) is 21.7. The number of aryl methyl sites for hydroxylation is 1. The summed E-state index contributed by atoms with van der Waals surface area (Å²) in [6, 6.07) is 13.9. The average molecular weight is 407 g/mol. The number of rotatable bonds is 8. The Labute approximate surface area is 174 Å². The summed E-state index contributed by atoms with van der Waals surface area (Å²) in [4.78, 5) is 30.5. The van der Waals surface area contributed by atoms with Crippen molar-refractivity contribution in [3.8, 4) is 34.0 Å². The van der Waals surface area contributed by atoms with E-state index < -0.39 is 17.7 Å². The van der Waals surface area contributed by atoms with E-state index >= 15 is 0 Å². The van der Waals surface area contributed by atoms with Crippen LogP contribution in [0.1, 0.15) is 31.7 Å². The second-order valence-corrected chi connectivity index (χ2v) is 7.16. The molecule has 0 aliphatic carbocycles. The number of nitrogens with two attached hydrogens (primary N) is 1. The summed E-state index contributed by atoms with van der Waals surface area (Å²) in [5, 5.41) is 9.72. The van der Waals surface area contributed by atoms with Crippen LogP contribution in [-0.2, 0) is 4.79 Å². The van der Waals surface area contributed by atoms with Gasteiger partial charge >= 0.3 is 5.69 Å². The van der Waals surface area contributed by atoms with E-state index in [0.717, 1.165) is 24.0 Å². The minimum absolute atomic E-state index is 0.188. The van der Waals surface area contributed by atoms with Gasteiger partial charge < -0.3 is 20.6 Å². The van der Waals surface area contributed by atoms with E-state index in [0.29, 0.717) is 29.1 Å². The van der Waals surface area contributed by atoms with E-state index in [9.17, 15) is 14.7 Å². The van der Waals surface area contributed by atoms with Crippen LogP contribution in [0.2, 0.25) is 0 Å². The summed E-state index contributed by atoms with van der Waals surface area (Å²) in [6.45, 7) is 3.82. The number of aromatic nitrogens is 2. The molecule has 1 aromatic heterocycles. The third-order valence-corrected chi connectivity index (χ3v) is 4.82. The molecule has 0 fully saturated rings. The number of hydrogen-bond acceptors (Lipinski definition) is 5. The second-order valence-electron chi connectivity index (χ2n) is 7.16. The number of nitrogens with one attached hydrogen (secondary N) is 1. The molecule has 3 aromatic rings. The molecule has 0 spiro atoms. The first kappa shape index (κ1) is 21.1. The summed E-state index contributed by atoms with van der Waals surface area (Å²) < 4.78 is 5.73. The van der Waals surface area contributed by atoms with E-state index in [1.807, 2.05) is 6.92 Å². The molecular weight excluding hydrogens is 382 g/mol. The maximum atomic E-state index is 12.1. The van der Waals surface area contributed by atoms with Crippen molar-refractivity contribution in [2.24, 2.45) is 5.73 Å². The molecule has 0 aliphatic rings. The smallest absolute Gasteiger partial charge is 0.345 e. The molecule has 7 heteroatoms. The van der Waals surface area contributed by atoms with Gasteiger partial charge in [-0.3, -0.25) is 4.79 Å². The molecule has 1 unspecified atom stereocenters. The number of ether oxygens (including phenoxy) is 1. The maximum absolute atomic E-state index is 12.1. The van der Waals surface area contributed by atoms with Gasteiger partial charge in [-0.15, -0.1) is 0 Å². The molecule has 156 valence electrons. The zero-order valence-electron chi connectivity index (χ0n) is 17.0. The van der Waals surface area contributed by atoms with Gasteiger partial charge in [0.05, 0.1) is 11.4 Å². The predicted molar refractivity (Wildman–Crippen MR) is 115 cm³/mol. The Kier molecular flexibility index (Phi) is 6.51. The molecule has 1 heterocycles. The number of benzene rings is 2. The van der Waals surface area contributed by atoms with Crippen molar-refractivity contribution in [3.05, 3.63) is 64.6 Å². The van der Waals surface area contributed by atoms with Crippen LogP contribution in [0, 0.1) is 6.92 Å². The van der Waals surface area contributed by atoms with Gasteiger partial charge in [0.15, 0.2) is 6.10 Å². The Morgan fingerprint density at radius 2 is 1.87 bits per heavy atom. The Morgan fingerprint density at radius 3 is 2.50 bits per heavy atom. The van der Waals surface area contributed by atoms with Crippen molar-refractivity contribution < 1.29 is 14.6 Å². The first-order chi connectivity index (χ1) is 14.4. The van der Waals surface area contributed by atoms with Crippen LogP contribution in [0.15, 0.2) is 53.3 Å². The van der Waals surface area contributed by atoms with Gasteiger partial charge in [-0.2, -0.15) is 4.98 Å². The summed E-state index contributed by atoms with van der Waals surface area (Å²) >= 11 is 0. The topological polar surface area (TPSA) is 118 Å².